The lowest BCUT2D eigenvalue weighted by molar-refractivity contribution is 0.318. The first kappa shape index (κ1) is 7.28. The number of rotatable bonds is 0. The van der Waals surface area contributed by atoms with Gasteiger partial charge in [-0.25, -0.2) is 0 Å². The Morgan fingerprint density at radius 2 is 2.42 bits per heavy atom. The molecule has 3 heteroatoms. The maximum Gasteiger partial charge on any atom is 0.147 e. The molecule has 0 unspecified atom stereocenters. The first-order valence-corrected chi connectivity index (χ1v) is 3.94. The van der Waals surface area contributed by atoms with E-state index in [9.17, 15) is 0 Å². The summed E-state index contributed by atoms with van der Waals surface area (Å²) in [7, 11) is 0. The van der Waals surface area contributed by atoms with Crippen molar-refractivity contribution in [3.05, 3.63) is 23.5 Å². The molecular weight excluding hydrogens is 152 g/mol. The van der Waals surface area contributed by atoms with Gasteiger partial charge in [-0.05, 0) is 18.6 Å². The van der Waals surface area contributed by atoms with Crippen LogP contribution in [0.25, 0.3) is 0 Å². The molecule has 1 aromatic heterocycles. The Bertz CT molecular complexity index is 333. The van der Waals surface area contributed by atoms with E-state index in [1.165, 1.54) is 0 Å². The van der Waals surface area contributed by atoms with Crippen molar-refractivity contribution in [1.82, 2.24) is 4.98 Å². The Hall–Kier alpha value is -1.38. The SMILES string of the molecule is Cc1cnc2c(c1)OCCC2=N. The van der Waals surface area contributed by atoms with Gasteiger partial charge in [-0.15, -0.1) is 0 Å². The second-order valence-corrected chi connectivity index (χ2v) is 2.94. The predicted molar refractivity (Wildman–Crippen MR) is 45.9 cm³/mol. The van der Waals surface area contributed by atoms with E-state index in [0.717, 1.165) is 11.3 Å². The Morgan fingerprint density at radius 3 is 3.25 bits per heavy atom. The fourth-order valence-corrected chi connectivity index (χ4v) is 1.26. The summed E-state index contributed by atoms with van der Waals surface area (Å²) in [6.07, 6.45) is 2.44. The molecule has 1 aliphatic rings. The molecule has 0 amide bonds. The van der Waals surface area contributed by atoms with Crippen LogP contribution in [0, 0.1) is 12.3 Å². The highest BCUT2D eigenvalue weighted by Crippen LogP contribution is 2.22. The van der Waals surface area contributed by atoms with Gasteiger partial charge in [-0.1, -0.05) is 0 Å². The number of nitrogens with zero attached hydrogens (tertiary/aromatic N) is 1. The van der Waals surface area contributed by atoms with E-state index < -0.39 is 0 Å². The van der Waals surface area contributed by atoms with Gasteiger partial charge in [0.1, 0.15) is 11.4 Å². The maximum absolute atomic E-state index is 7.60. The molecule has 3 nitrogen and oxygen atoms in total. The number of aromatic nitrogens is 1. The van der Waals surface area contributed by atoms with Crippen LogP contribution in [0.3, 0.4) is 0 Å². The lowest BCUT2D eigenvalue weighted by atomic mass is 10.1. The normalized spacial score (nSPS) is 15.2. The minimum atomic E-state index is 0.580. The molecule has 2 rings (SSSR count). The molecular formula is C9H10N2O. The molecule has 2 heterocycles. The summed E-state index contributed by atoms with van der Waals surface area (Å²) in [6.45, 7) is 2.58. The highest BCUT2D eigenvalue weighted by atomic mass is 16.5. The number of hydrogen-bond donors (Lipinski definition) is 1. The van der Waals surface area contributed by atoms with Gasteiger partial charge in [0.15, 0.2) is 0 Å². The van der Waals surface area contributed by atoms with Crippen LogP contribution in [0.15, 0.2) is 12.3 Å². The number of pyridine rings is 1. The van der Waals surface area contributed by atoms with Crippen LogP contribution in [0.2, 0.25) is 0 Å². The summed E-state index contributed by atoms with van der Waals surface area (Å²) in [5.74, 6) is 0.756. The van der Waals surface area contributed by atoms with Crippen LogP contribution in [0.4, 0.5) is 0 Å². The van der Waals surface area contributed by atoms with Crippen molar-refractivity contribution in [3.63, 3.8) is 0 Å². The molecule has 1 N–H and O–H groups in total. The first-order valence-electron chi connectivity index (χ1n) is 3.94. The third kappa shape index (κ3) is 1.07. The van der Waals surface area contributed by atoms with Gasteiger partial charge in [0.05, 0.1) is 12.3 Å². The standard InChI is InChI=1S/C9H10N2O/c1-6-4-8-9(11-5-6)7(10)2-3-12-8/h4-5,10H,2-3H2,1H3. The molecule has 1 aromatic rings. The second kappa shape index (κ2) is 2.59. The molecule has 12 heavy (non-hydrogen) atoms. The summed E-state index contributed by atoms with van der Waals surface area (Å²) < 4.78 is 5.37. The molecule has 0 saturated heterocycles. The van der Waals surface area contributed by atoms with E-state index in [-0.39, 0.29) is 0 Å². The Morgan fingerprint density at radius 1 is 1.58 bits per heavy atom. The smallest absolute Gasteiger partial charge is 0.147 e. The van der Waals surface area contributed by atoms with Crippen molar-refractivity contribution in [2.24, 2.45) is 0 Å². The van der Waals surface area contributed by atoms with Crippen LogP contribution >= 0.6 is 0 Å². The van der Waals surface area contributed by atoms with Crippen LogP contribution in [-0.2, 0) is 0 Å². The van der Waals surface area contributed by atoms with Gasteiger partial charge >= 0.3 is 0 Å². The topological polar surface area (TPSA) is 46.0 Å². The molecule has 0 fully saturated rings. The molecule has 0 aliphatic carbocycles. The van der Waals surface area contributed by atoms with Gasteiger partial charge in [0, 0.05) is 12.6 Å². The zero-order valence-electron chi connectivity index (χ0n) is 6.92. The van der Waals surface area contributed by atoms with E-state index in [0.29, 0.717) is 24.4 Å². The highest BCUT2D eigenvalue weighted by molar-refractivity contribution is 5.99. The van der Waals surface area contributed by atoms with E-state index in [1.54, 1.807) is 6.20 Å². The van der Waals surface area contributed by atoms with Crippen molar-refractivity contribution in [3.8, 4) is 5.75 Å². The third-order valence-electron chi connectivity index (χ3n) is 1.88. The molecule has 0 aromatic carbocycles. The van der Waals surface area contributed by atoms with E-state index in [1.807, 2.05) is 13.0 Å². The molecule has 0 spiro atoms. The quantitative estimate of drug-likeness (QED) is 0.629. The summed E-state index contributed by atoms with van der Waals surface area (Å²) in [4.78, 5) is 4.15. The van der Waals surface area contributed by atoms with Crippen molar-refractivity contribution in [2.45, 2.75) is 13.3 Å². The van der Waals surface area contributed by atoms with Gasteiger partial charge in [-0.3, -0.25) is 4.98 Å². The third-order valence-corrected chi connectivity index (χ3v) is 1.88. The summed E-state index contributed by atoms with van der Waals surface area (Å²) in [6, 6.07) is 1.93. The van der Waals surface area contributed by atoms with Gasteiger partial charge < -0.3 is 10.1 Å². The van der Waals surface area contributed by atoms with Crippen molar-refractivity contribution in [2.75, 3.05) is 6.61 Å². The average molecular weight is 162 g/mol. The fraction of sp³-hybridized carbons (Fsp3) is 0.333. The largest absolute Gasteiger partial charge is 0.491 e. The Balaban J connectivity index is 2.53. The summed E-state index contributed by atoms with van der Waals surface area (Å²) in [5, 5.41) is 7.60. The summed E-state index contributed by atoms with van der Waals surface area (Å²) in [5.41, 5.74) is 2.35. The number of hydrogen-bond acceptors (Lipinski definition) is 3. The average Bonchev–Trinajstić information content (AvgIpc) is 2.04. The number of nitrogens with one attached hydrogen (secondary N) is 1. The first-order chi connectivity index (χ1) is 5.77. The predicted octanol–water partition coefficient (Wildman–Crippen LogP) is 1.54. The van der Waals surface area contributed by atoms with Gasteiger partial charge in [0.25, 0.3) is 0 Å². The monoisotopic (exact) mass is 162 g/mol. The lowest BCUT2D eigenvalue weighted by Crippen LogP contribution is -2.16. The second-order valence-electron chi connectivity index (χ2n) is 2.94. The maximum atomic E-state index is 7.60. The van der Waals surface area contributed by atoms with E-state index in [4.69, 9.17) is 10.1 Å². The van der Waals surface area contributed by atoms with Crippen molar-refractivity contribution >= 4 is 5.71 Å². The molecule has 1 aliphatic heterocycles. The van der Waals surface area contributed by atoms with Gasteiger partial charge in [0.2, 0.25) is 0 Å². The van der Waals surface area contributed by atoms with Crippen LogP contribution in [-0.4, -0.2) is 17.3 Å². The number of ether oxygens (including phenoxy) is 1. The number of aryl methyl sites for hydroxylation is 1. The highest BCUT2D eigenvalue weighted by Gasteiger charge is 2.16. The Kier molecular flexibility index (Phi) is 1.57. The minimum Gasteiger partial charge on any atom is -0.491 e. The van der Waals surface area contributed by atoms with E-state index in [2.05, 4.69) is 4.98 Å². The zero-order chi connectivity index (χ0) is 8.55. The molecule has 0 bridgehead atoms. The molecule has 62 valence electrons. The summed E-state index contributed by atoms with van der Waals surface area (Å²) >= 11 is 0. The van der Waals surface area contributed by atoms with Crippen molar-refractivity contribution < 1.29 is 4.74 Å². The van der Waals surface area contributed by atoms with Crippen LogP contribution < -0.4 is 4.74 Å². The fourth-order valence-electron chi connectivity index (χ4n) is 1.26. The number of fused-ring (bicyclic) bond motifs is 1. The molecule has 0 atom stereocenters. The Labute approximate surface area is 70.9 Å². The minimum absolute atomic E-state index is 0.580. The molecule has 0 saturated carbocycles. The van der Waals surface area contributed by atoms with E-state index >= 15 is 0 Å². The van der Waals surface area contributed by atoms with Crippen molar-refractivity contribution in [1.29, 1.82) is 5.41 Å². The lowest BCUT2D eigenvalue weighted by Gasteiger charge is -2.16. The van der Waals surface area contributed by atoms with Gasteiger partial charge in [-0.2, -0.15) is 0 Å². The van der Waals surface area contributed by atoms with Crippen LogP contribution in [0.1, 0.15) is 17.7 Å². The van der Waals surface area contributed by atoms with Crippen LogP contribution in [0.5, 0.6) is 5.75 Å². The molecule has 0 radical (unpaired) electrons. The zero-order valence-corrected chi connectivity index (χ0v) is 6.92.